The molecule has 1 aromatic heterocycles. The van der Waals surface area contributed by atoms with E-state index in [0.717, 1.165) is 23.2 Å². The fourth-order valence-corrected chi connectivity index (χ4v) is 2.60. The Bertz CT molecular complexity index is 783. The molecule has 0 bridgehead atoms. The predicted molar refractivity (Wildman–Crippen MR) is 93.6 cm³/mol. The number of hydrogen-bond acceptors (Lipinski definition) is 3. The maximum atomic E-state index is 11.7. The Morgan fingerprint density at radius 1 is 1.08 bits per heavy atom. The van der Waals surface area contributed by atoms with Gasteiger partial charge in [0, 0.05) is 12.7 Å². The lowest BCUT2D eigenvalue weighted by Crippen LogP contribution is -2.34. The van der Waals surface area contributed by atoms with E-state index in [0.29, 0.717) is 6.54 Å². The van der Waals surface area contributed by atoms with Gasteiger partial charge in [-0.05, 0) is 29.7 Å². The summed E-state index contributed by atoms with van der Waals surface area (Å²) in [5.74, 6) is -0.374. The van der Waals surface area contributed by atoms with Crippen LogP contribution in [0.3, 0.4) is 0 Å². The molecule has 122 valence electrons. The van der Waals surface area contributed by atoms with E-state index in [1.807, 2.05) is 77.7 Å². The molecule has 3 rings (SSSR count). The van der Waals surface area contributed by atoms with Crippen molar-refractivity contribution in [2.75, 3.05) is 6.54 Å². The van der Waals surface area contributed by atoms with Crippen LogP contribution in [0.5, 0.6) is 0 Å². The molecular formula is C19H20N4O. The molecule has 2 aromatic carbocycles. The number of amides is 1. The molecule has 0 aliphatic carbocycles. The van der Waals surface area contributed by atoms with E-state index < -0.39 is 6.04 Å². The molecule has 24 heavy (non-hydrogen) atoms. The summed E-state index contributed by atoms with van der Waals surface area (Å²) in [6, 6.07) is 19.0. The molecule has 0 aliphatic heterocycles. The maximum Gasteiger partial charge on any atom is 0.239 e. The van der Waals surface area contributed by atoms with Gasteiger partial charge in [-0.1, -0.05) is 48.5 Å². The molecule has 0 aliphatic rings. The third-order valence-electron chi connectivity index (χ3n) is 3.84. The van der Waals surface area contributed by atoms with Crippen LogP contribution in [0.4, 0.5) is 0 Å². The molecule has 3 N–H and O–H groups in total. The second-order valence-electron chi connectivity index (χ2n) is 5.58. The third-order valence-corrected chi connectivity index (χ3v) is 3.84. The summed E-state index contributed by atoms with van der Waals surface area (Å²) in [5, 5.41) is 7.60. The molecule has 0 saturated carbocycles. The molecule has 1 amide bonds. The normalized spacial score (nSPS) is 12.0. The van der Waals surface area contributed by atoms with Crippen molar-refractivity contribution in [2.45, 2.75) is 12.5 Å². The Kier molecular flexibility index (Phi) is 5.03. The highest BCUT2D eigenvalue weighted by Gasteiger charge is 2.16. The summed E-state index contributed by atoms with van der Waals surface area (Å²) in [6.45, 7) is 0.642. The molecule has 1 heterocycles. The van der Waals surface area contributed by atoms with Crippen molar-refractivity contribution in [1.82, 2.24) is 15.1 Å². The number of aromatic nitrogens is 2. The summed E-state index contributed by atoms with van der Waals surface area (Å²) in [7, 11) is 0. The van der Waals surface area contributed by atoms with Gasteiger partial charge in [0.15, 0.2) is 0 Å². The zero-order valence-corrected chi connectivity index (χ0v) is 13.3. The van der Waals surface area contributed by atoms with Crippen LogP contribution in [-0.2, 0) is 11.2 Å². The lowest BCUT2D eigenvalue weighted by Gasteiger charge is -2.15. The fourth-order valence-electron chi connectivity index (χ4n) is 2.60. The van der Waals surface area contributed by atoms with Crippen molar-refractivity contribution in [1.29, 1.82) is 0 Å². The second-order valence-corrected chi connectivity index (χ2v) is 5.58. The predicted octanol–water partition coefficient (Wildman–Crippen LogP) is 2.23. The number of hydrogen-bond donors (Lipinski definition) is 2. The summed E-state index contributed by atoms with van der Waals surface area (Å²) < 4.78 is 1.85. The van der Waals surface area contributed by atoms with Crippen molar-refractivity contribution < 1.29 is 4.79 Å². The average Bonchev–Trinajstić information content (AvgIpc) is 3.09. The van der Waals surface area contributed by atoms with Gasteiger partial charge in [-0.3, -0.25) is 4.79 Å². The smallest absolute Gasteiger partial charge is 0.239 e. The minimum absolute atomic E-state index is 0.374. The summed E-state index contributed by atoms with van der Waals surface area (Å²) in [4.78, 5) is 11.7. The molecule has 1 atom stereocenters. The van der Waals surface area contributed by atoms with Crippen LogP contribution < -0.4 is 11.1 Å². The van der Waals surface area contributed by atoms with Gasteiger partial charge in [-0.25, -0.2) is 4.68 Å². The molecule has 0 radical (unpaired) electrons. The van der Waals surface area contributed by atoms with Crippen LogP contribution in [0.15, 0.2) is 73.1 Å². The van der Waals surface area contributed by atoms with Crippen LogP contribution in [0.2, 0.25) is 0 Å². The van der Waals surface area contributed by atoms with Gasteiger partial charge in [0.05, 0.1) is 11.9 Å². The molecule has 0 fully saturated rings. The minimum Gasteiger partial charge on any atom is -0.368 e. The van der Waals surface area contributed by atoms with Gasteiger partial charge < -0.3 is 11.1 Å². The van der Waals surface area contributed by atoms with E-state index >= 15 is 0 Å². The first-order valence-electron chi connectivity index (χ1n) is 7.90. The first-order valence-corrected chi connectivity index (χ1v) is 7.90. The lowest BCUT2D eigenvalue weighted by atomic mass is 10.1. The number of rotatable bonds is 7. The maximum absolute atomic E-state index is 11.7. The standard InChI is InChI=1S/C19H20N4O/c20-19(24)18(16-7-3-1-4-8-16)21-12-11-15-13-22-23(14-15)17-9-5-2-6-10-17/h1-10,13-14,18,21H,11-12H2,(H2,20,24)/t18-/m1/s1. The van der Waals surface area contributed by atoms with Gasteiger partial charge >= 0.3 is 0 Å². The molecule has 0 spiro atoms. The number of carbonyl (C=O) groups is 1. The zero-order chi connectivity index (χ0) is 16.8. The monoisotopic (exact) mass is 320 g/mol. The molecule has 5 heteroatoms. The van der Waals surface area contributed by atoms with Crippen molar-refractivity contribution in [3.8, 4) is 5.69 Å². The van der Waals surface area contributed by atoms with Crippen LogP contribution >= 0.6 is 0 Å². The van der Waals surface area contributed by atoms with Gasteiger partial charge in [0.1, 0.15) is 6.04 Å². The molecule has 5 nitrogen and oxygen atoms in total. The van der Waals surface area contributed by atoms with E-state index in [4.69, 9.17) is 5.73 Å². The number of carbonyl (C=O) groups excluding carboxylic acids is 1. The number of nitrogens with zero attached hydrogens (tertiary/aromatic N) is 2. The van der Waals surface area contributed by atoms with Crippen molar-refractivity contribution in [3.63, 3.8) is 0 Å². The Hall–Kier alpha value is -2.92. The third kappa shape index (κ3) is 3.88. The number of para-hydroxylation sites is 1. The van der Waals surface area contributed by atoms with Crippen molar-refractivity contribution in [2.24, 2.45) is 5.73 Å². The van der Waals surface area contributed by atoms with E-state index in [-0.39, 0.29) is 5.91 Å². The number of benzene rings is 2. The second kappa shape index (κ2) is 7.57. The highest BCUT2D eigenvalue weighted by atomic mass is 16.1. The molecule has 0 unspecified atom stereocenters. The Morgan fingerprint density at radius 3 is 2.42 bits per heavy atom. The van der Waals surface area contributed by atoms with Gasteiger partial charge in [-0.15, -0.1) is 0 Å². The molecule has 0 saturated heterocycles. The average molecular weight is 320 g/mol. The SMILES string of the molecule is NC(=O)[C@H](NCCc1cnn(-c2ccccc2)c1)c1ccccc1. The zero-order valence-electron chi connectivity index (χ0n) is 13.3. The van der Waals surface area contributed by atoms with Gasteiger partial charge in [0.25, 0.3) is 0 Å². The van der Waals surface area contributed by atoms with Gasteiger partial charge in [-0.2, -0.15) is 5.10 Å². The quantitative estimate of drug-likeness (QED) is 0.701. The van der Waals surface area contributed by atoms with Crippen molar-refractivity contribution >= 4 is 5.91 Å². The Balaban J connectivity index is 1.60. The first-order chi connectivity index (χ1) is 11.7. The largest absolute Gasteiger partial charge is 0.368 e. The molecule has 3 aromatic rings. The lowest BCUT2D eigenvalue weighted by molar-refractivity contribution is -0.120. The van der Waals surface area contributed by atoms with E-state index in [2.05, 4.69) is 10.4 Å². The summed E-state index contributed by atoms with van der Waals surface area (Å²) in [5.41, 5.74) is 8.51. The van der Waals surface area contributed by atoms with E-state index in [9.17, 15) is 4.79 Å². The van der Waals surface area contributed by atoms with E-state index in [1.165, 1.54) is 0 Å². The van der Waals surface area contributed by atoms with Crippen LogP contribution in [-0.4, -0.2) is 22.2 Å². The minimum atomic E-state index is -0.477. The highest BCUT2D eigenvalue weighted by molar-refractivity contribution is 5.81. The van der Waals surface area contributed by atoms with Gasteiger partial charge in [0.2, 0.25) is 5.91 Å². The summed E-state index contributed by atoms with van der Waals surface area (Å²) >= 11 is 0. The number of nitrogens with two attached hydrogens (primary N) is 1. The van der Waals surface area contributed by atoms with Crippen LogP contribution in [0, 0.1) is 0 Å². The van der Waals surface area contributed by atoms with Crippen molar-refractivity contribution in [3.05, 3.63) is 84.2 Å². The summed E-state index contributed by atoms with van der Waals surface area (Å²) in [6.07, 6.45) is 4.61. The van der Waals surface area contributed by atoms with E-state index in [1.54, 1.807) is 0 Å². The Labute approximate surface area is 141 Å². The molecular weight excluding hydrogens is 300 g/mol. The topological polar surface area (TPSA) is 72.9 Å². The first kappa shape index (κ1) is 16.0. The number of primary amides is 1. The van der Waals surface area contributed by atoms with Crippen LogP contribution in [0.25, 0.3) is 5.69 Å². The Morgan fingerprint density at radius 2 is 1.75 bits per heavy atom. The number of nitrogens with one attached hydrogen (secondary N) is 1. The fraction of sp³-hybridized carbons (Fsp3) is 0.158. The highest BCUT2D eigenvalue weighted by Crippen LogP contribution is 2.12. The van der Waals surface area contributed by atoms with Crippen LogP contribution in [0.1, 0.15) is 17.2 Å².